The monoisotopic (exact) mass is 440 g/mol. The van der Waals surface area contributed by atoms with Crippen molar-refractivity contribution in [2.75, 3.05) is 12.4 Å². The molecular weight excluding hydrogens is 430 g/mol. The van der Waals surface area contributed by atoms with Crippen LogP contribution < -0.4 is 5.32 Å². The van der Waals surface area contributed by atoms with E-state index in [-0.39, 0.29) is 33.9 Å². The minimum absolute atomic E-state index is 0.0444. The van der Waals surface area contributed by atoms with E-state index < -0.39 is 11.8 Å². The van der Waals surface area contributed by atoms with Crippen molar-refractivity contribution in [1.82, 2.24) is 15.0 Å². The first-order valence-corrected chi connectivity index (χ1v) is 8.98. The molecule has 0 aliphatic carbocycles. The van der Waals surface area contributed by atoms with E-state index in [4.69, 9.17) is 39.5 Å². The van der Waals surface area contributed by atoms with Gasteiger partial charge in [0.25, 0.3) is 0 Å². The van der Waals surface area contributed by atoms with Crippen molar-refractivity contribution < 1.29 is 13.9 Å². The lowest BCUT2D eigenvalue weighted by Gasteiger charge is -2.12. The minimum atomic E-state index is -0.762. The first kappa shape index (κ1) is 20.3. The number of rotatable bonds is 5. The van der Waals surface area contributed by atoms with Crippen molar-refractivity contribution in [2.45, 2.75) is 6.54 Å². The molecule has 0 aliphatic rings. The van der Waals surface area contributed by atoms with E-state index in [0.29, 0.717) is 16.3 Å². The van der Waals surface area contributed by atoms with E-state index in [1.807, 2.05) is 0 Å². The zero-order valence-corrected chi connectivity index (χ0v) is 16.6. The van der Waals surface area contributed by atoms with Crippen LogP contribution in [0, 0.1) is 5.82 Å². The highest BCUT2D eigenvalue weighted by molar-refractivity contribution is 6.35. The second kappa shape index (κ2) is 8.68. The van der Waals surface area contributed by atoms with Crippen LogP contribution in [0.5, 0.6) is 0 Å². The van der Waals surface area contributed by atoms with Crippen molar-refractivity contribution in [3.8, 4) is 11.4 Å². The highest BCUT2D eigenvalue weighted by Crippen LogP contribution is 2.29. The van der Waals surface area contributed by atoms with Gasteiger partial charge in [-0.2, -0.15) is 0 Å². The second-order valence-corrected chi connectivity index (χ2v) is 6.66. The molecule has 0 aliphatic heterocycles. The summed E-state index contributed by atoms with van der Waals surface area (Å²) in [6, 6.07) is 7.44. The zero-order chi connectivity index (χ0) is 20.3. The Bertz CT molecular complexity index is 1050. The molecule has 3 rings (SSSR count). The van der Waals surface area contributed by atoms with Crippen molar-refractivity contribution in [3.05, 3.63) is 68.8 Å². The molecule has 2 heterocycles. The number of esters is 1. The predicted molar refractivity (Wildman–Crippen MR) is 105 cm³/mol. The maximum absolute atomic E-state index is 13.8. The second-order valence-electron chi connectivity index (χ2n) is 5.46. The van der Waals surface area contributed by atoms with E-state index in [2.05, 4.69) is 20.3 Å². The Morgan fingerprint density at radius 2 is 1.96 bits per heavy atom. The van der Waals surface area contributed by atoms with Gasteiger partial charge >= 0.3 is 5.97 Å². The number of anilines is 1. The lowest BCUT2D eigenvalue weighted by Crippen LogP contribution is -2.12. The normalized spacial score (nSPS) is 10.6. The van der Waals surface area contributed by atoms with Gasteiger partial charge in [0.05, 0.1) is 29.4 Å². The third-order valence-corrected chi connectivity index (χ3v) is 4.67. The van der Waals surface area contributed by atoms with Crippen LogP contribution in [0.15, 0.2) is 36.5 Å². The number of ether oxygens (including phenoxy) is 1. The Hall–Kier alpha value is -2.48. The van der Waals surface area contributed by atoms with E-state index in [9.17, 15) is 9.18 Å². The van der Waals surface area contributed by atoms with Crippen LogP contribution in [0.1, 0.15) is 16.2 Å². The molecule has 3 aromatic rings. The van der Waals surface area contributed by atoms with Crippen molar-refractivity contribution in [1.29, 1.82) is 0 Å². The Kier molecular flexibility index (Phi) is 6.28. The number of nitrogens with one attached hydrogen (secondary N) is 1. The van der Waals surface area contributed by atoms with Gasteiger partial charge in [-0.25, -0.2) is 19.2 Å². The first-order valence-electron chi connectivity index (χ1n) is 7.85. The van der Waals surface area contributed by atoms with Gasteiger partial charge in [-0.3, -0.25) is 4.98 Å². The molecule has 144 valence electrons. The van der Waals surface area contributed by atoms with Gasteiger partial charge in [-0.05, 0) is 30.3 Å². The third kappa shape index (κ3) is 4.32. The first-order chi connectivity index (χ1) is 13.4. The summed E-state index contributed by atoms with van der Waals surface area (Å²) in [5, 5.41) is 3.33. The maximum Gasteiger partial charge on any atom is 0.358 e. The summed E-state index contributed by atoms with van der Waals surface area (Å²) in [4.78, 5) is 24.6. The highest BCUT2D eigenvalue weighted by Gasteiger charge is 2.21. The molecule has 0 spiro atoms. The maximum atomic E-state index is 13.8. The number of methoxy groups -OCH3 is 1. The lowest BCUT2D eigenvalue weighted by molar-refractivity contribution is 0.0594. The lowest BCUT2D eigenvalue weighted by atomic mass is 10.2. The fraction of sp³-hybridized carbons (Fsp3) is 0.111. The van der Waals surface area contributed by atoms with Crippen LogP contribution in [0.25, 0.3) is 11.4 Å². The highest BCUT2D eigenvalue weighted by atomic mass is 35.5. The number of carbonyl (C=O) groups is 1. The number of carbonyl (C=O) groups excluding carboxylic acids is 1. The van der Waals surface area contributed by atoms with Crippen LogP contribution in [0.2, 0.25) is 15.1 Å². The summed E-state index contributed by atoms with van der Waals surface area (Å²) in [7, 11) is 1.20. The molecule has 0 amide bonds. The Balaban J connectivity index is 2.03. The Labute approximate surface area is 174 Å². The summed E-state index contributed by atoms with van der Waals surface area (Å²) in [5.41, 5.74) is 0.694. The molecule has 0 atom stereocenters. The standard InChI is InChI=1S/C18H12Cl3FN4O2/c1-28-18(27)15-14(21)17(24-8-13-11(20)3-2-6-23-13)26-16(25-15)9-4-5-10(19)12(22)7-9/h2-7H,8H2,1H3,(H,24,25,26). The summed E-state index contributed by atoms with van der Waals surface area (Å²) in [6.45, 7) is 0.186. The molecule has 6 nitrogen and oxygen atoms in total. The molecule has 0 saturated carbocycles. The van der Waals surface area contributed by atoms with Crippen LogP contribution in [0.3, 0.4) is 0 Å². The average molecular weight is 442 g/mol. The summed E-state index contributed by atoms with van der Waals surface area (Å²) in [5.74, 6) is -1.20. The molecule has 0 unspecified atom stereocenters. The summed E-state index contributed by atoms with van der Waals surface area (Å²) < 4.78 is 18.6. The number of hydrogen-bond acceptors (Lipinski definition) is 6. The molecule has 0 bridgehead atoms. The molecule has 1 N–H and O–H groups in total. The molecule has 0 saturated heterocycles. The minimum Gasteiger partial charge on any atom is -0.464 e. The van der Waals surface area contributed by atoms with Gasteiger partial charge in [0.15, 0.2) is 11.5 Å². The quantitative estimate of drug-likeness (QED) is 0.559. The molecule has 1 aromatic carbocycles. The molecule has 2 aromatic heterocycles. The Morgan fingerprint density at radius 3 is 2.64 bits per heavy atom. The van der Waals surface area contributed by atoms with Crippen molar-refractivity contribution in [3.63, 3.8) is 0 Å². The smallest absolute Gasteiger partial charge is 0.358 e. The molecule has 0 radical (unpaired) electrons. The number of aromatic nitrogens is 3. The summed E-state index contributed by atoms with van der Waals surface area (Å²) >= 11 is 18.1. The van der Waals surface area contributed by atoms with Gasteiger partial charge in [0.2, 0.25) is 0 Å². The van der Waals surface area contributed by atoms with Crippen LogP contribution in [-0.4, -0.2) is 28.0 Å². The number of halogens is 4. The van der Waals surface area contributed by atoms with E-state index in [1.54, 1.807) is 18.3 Å². The molecule has 28 heavy (non-hydrogen) atoms. The largest absolute Gasteiger partial charge is 0.464 e. The van der Waals surface area contributed by atoms with Crippen LogP contribution >= 0.6 is 34.8 Å². The van der Waals surface area contributed by atoms with Crippen LogP contribution in [-0.2, 0) is 11.3 Å². The summed E-state index contributed by atoms with van der Waals surface area (Å²) in [6.07, 6.45) is 1.59. The predicted octanol–water partition coefficient (Wildman–Crippen LogP) is 5.04. The topological polar surface area (TPSA) is 77.0 Å². The molecule has 0 fully saturated rings. The van der Waals surface area contributed by atoms with Crippen LogP contribution in [0.4, 0.5) is 10.2 Å². The number of nitrogens with zero attached hydrogens (tertiary/aromatic N) is 3. The Morgan fingerprint density at radius 1 is 1.18 bits per heavy atom. The number of pyridine rings is 1. The van der Waals surface area contributed by atoms with Gasteiger partial charge in [0.1, 0.15) is 16.7 Å². The van der Waals surface area contributed by atoms with Crippen molar-refractivity contribution >= 4 is 46.6 Å². The molecular formula is C18H12Cl3FN4O2. The molecule has 10 heteroatoms. The SMILES string of the molecule is COC(=O)c1nc(-c2ccc(Cl)c(F)c2)nc(NCc2ncccc2Cl)c1Cl. The van der Waals surface area contributed by atoms with Gasteiger partial charge < -0.3 is 10.1 Å². The van der Waals surface area contributed by atoms with Gasteiger partial charge in [-0.1, -0.05) is 34.8 Å². The zero-order valence-electron chi connectivity index (χ0n) is 14.3. The van der Waals surface area contributed by atoms with E-state index >= 15 is 0 Å². The van der Waals surface area contributed by atoms with E-state index in [0.717, 1.165) is 6.07 Å². The van der Waals surface area contributed by atoms with Gasteiger partial charge in [-0.15, -0.1) is 0 Å². The number of hydrogen-bond donors (Lipinski definition) is 1. The fourth-order valence-electron chi connectivity index (χ4n) is 2.28. The fourth-order valence-corrected chi connectivity index (χ4v) is 2.81. The van der Waals surface area contributed by atoms with Crippen molar-refractivity contribution in [2.24, 2.45) is 0 Å². The van der Waals surface area contributed by atoms with Gasteiger partial charge in [0, 0.05) is 11.8 Å². The van der Waals surface area contributed by atoms with E-state index in [1.165, 1.54) is 19.2 Å². The number of benzene rings is 1. The third-order valence-electron chi connectivity index (χ3n) is 3.67. The average Bonchev–Trinajstić information content (AvgIpc) is 2.69.